The molecule has 84 valence electrons. The van der Waals surface area contributed by atoms with Gasteiger partial charge in [0.25, 0.3) is 0 Å². The zero-order chi connectivity index (χ0) is 11.1. The largest absolute Gasteiger partial charge is 0.295 e. The van der Waals surface area contributed by atoms with Crippen molar-refractivity contribution < 1.29 is 4.79 Å². The first-order valence-electron chi connectivity index (χ1n) is 6.17. The van der Waals surface area contributed by atoms with E-state index < -0.39 is 0 Å². The molecule has 0 aromatic rings. The number of hydrogen-bond acceptors (Lipinski definition) is 1. The highest BCUT2D eigenvalue weighted by Crippen LogP contribution is 2.58. The van der Waals surface area contributed by atoms with Crippen LogP contribution in [-0.4, -0.2) is 5.78 Å². The Morgan fingerprint density at radius 2 is 2.00 bits per heavy atom. The summed E-state index contributed by atoms with van der Waals surface area (Å²) in [6.07, 6.45) is 9.82. The molecule has 0 amide bonds. The minimum absolute atomic E-state index is 0.311. The molecule has 1 nitrogen and oxygen atoms in total. The molecule has 2 aliphatic rings. The van der Waals surface area contributed by atoms with Crippen molar-refractivity contribution in [1.82, 2.24) is 0 Å². The van der Waals surface area contributed by atoms with Crippen LogP contribution in [0.25, 0.3) is 0 Å². The molecule has 0 aliphatic heterocycles. The molecule has 0 bridgehead atoms. The van der Waals surface area contributed by atoms with Crippen molar-refractivity contribution in [2.24, 2.45) is 16.7 Å². The third-order valence-corrected chi connectivity index (χ3v) is 5.08. The first-order chi connectivity index (χ1) is 6.96. The summed E-state index contributed by atoms with van der Waals surface area (Å²) in [7, 11) is 0. The summed E-state index contributed by atoms with van der Waals surface area (Å²) < 4.78 is 0. The molecule has 1 fully saturated rings. The van der Waals surface area contributed by atoms with Gasteiger partial charge in [-0.05, 0) is 42.1 Å². The van der Waals surface area contributed by atoms with Gasteiger partial charge in [-0.2, -0.15) is 0 Å². The van der Waals surface area contributed by atoms with E-state index in [1.54, 1.807) is 0 Å². The lowest BCUT2D eigenvalue weighted by Gasteiger charge is -2.44. The molecule has 2 rings (SSSR count). The molecule has 2 aliphatic carbocycles. The van der Waals surface area contributed by atoms with E-state index in [0.29, 0.717) is 22.5 Å². The van der Waals surface area contributed by atoms with Crippen molar-refractivity contribution in [3.05, 3.63) is 12.2 Å². The second-order valence-corrected chi connectivity index (χ2v) is 6.13. The molecule has 0 aromatic carbocycles. The summed E-state index contributed by atoms with van der Waals surface area (Å²) in [5, 5.41) is 0. The highest BCUT2D eigenvalue weighted by Gasteiger charge is 2.49. The SMILES string of the molecule is CC1(C)CCC[C@@]1(C)[C@@H]1C=CC(=O)CC1. The molecule has 0 heterocycles. The Hall–Kier alpha value is -0.590. The Bertz CT molecular complexity index is 300. The van der Waals surface area contributed by atoms with Gasteiger partial charge in [0.15, 0.2) is 5.78 Å². The minimum Gasteiger partial charge on any atom is -0.295 e. The lowest BCUT2D eigenvalue weighted by molar-refractivity contribution is -0.115. The van der Waals surface area contributed by atoms with Crippen LogP contribution in [0.2, 0.25) is 0 Å². The summed E-state index contributed by atoms with van der Waals surface area (Å²) >= 11 is 0. The first kappa shape index (κ1) is 10.9. The number of ketones is 1. The van der Waals surface area contributed by atoms with Crippen LogP contribution in [0.5, 0.6) is 0 Å². The van der Waals surface area contributed by atoms with Crippen molar-refractivity contribution in [2.75, 3.05) is 0 Å². The predicted molar refractivity (Wildman–Crippen MR) is 62.6 cm³/mol. The maximum absolute atomic E-state index is 11.2. The van der Waals surface area contributed by atoms with Gasteiger partial charge in [0.2, 0.25) is 0 Å². The van der Waals surface area contributed by atoms with Crippen molar-refractivity contribution in [2.45, 2.75) is 52.9 Å². The van der Waals surface area contributed by atoms with Gasteiger partial charge in [0.1, 0.15) is 0 Å². The monoisotopic (exact) mass is 206 g/mol. The Labute approximate surface area is 92.9 Å². The van der Waals surface area contributed by atoms with Gasteiger partial charge in [-0.25, -0.2) is 0 Å². The minimum atomic E-state index is 0.311. The number of allylic oxidation sites excluding steroid dienone is 2. The Morgan fingerprint density at radius 1 is 1.27 bits per heavy atom. The zero-order valence-corrected chi connectivity index (χ0v) is 10.2. The van der Waals surface area contributed by atoms with Crippen LogP contribution >= 0.6 is 0 Å². The summed E-state index contributed by atoms with van der Waals surface area (Å²) in [5.74, 6) is 0.929. The third kappa shape index (κ3) is 1.66. The van der Waals surface area contributed by atoms with Gasteiger partial charge in [-0.1, -0.05) is 33.3 Å². The second kappa shape index (κ2) is 3.47. The quantitative estimate of drug-likeness (QED) is 0.638. The molecule has 0 aromatic heterocycles. The predicted octanol–water partition coefficient (Wildman–Crippen LogP) is 3.74. The van der Waals surface area contributed by atoms with E-state index in [0.717, 1.165) is 12.8 Å². The van der Waals surface area contributed by atoms with E-state index in [-0.39, 0.29) is 0 Å². The molecule has 0 radical (unpaired) electrons. The smallest absolute Gasteiger partial charge is 0.155 e. The fourth-order valence-electron chi connectivity index (χ4n) is 3.44. The normalized spacial score (nSPS) is 39.7. The highest BCUT2D eigenvalue weighted by molar-refractivity contribution is 5.90. The molecule has 0 saturated heterocycles. The number of hydrogen-bond donors (Lipinski definition) is 0. The lowest BCUT2D eigenvalue weighted by atomic mass is 9.60. The standard InChI is InChI=1S/C14H22O/c1-13(2)9-4-10-14(13,3)11-5-7-12(15)8-6-11/h5,7,11H,4,6,8-10H2,1-3H3/t11-,14+/m1/s1. The van der Waals surface area contributed by atoms with Crippen molar-refractivity contribution in [3.63, 3.8) is 0 Å². The Balaban J connectivity index is 2.23. The molecule has 1 heteroatoms. The molecular formula is C14H22O. The maximum atomic E-state index is 11.2. The second-order valence-electron chi connectivity index (χ2n) is 6.13. The van der Waals surface area contributed by atoms with Crippen molar-refractivity contribution in [3.8, 4) is 0 Å². The van der Waals surface area contributed by atoms with Crippen LogP contribution in [0.15, 0.2) is 12.2 Å². The average molecular weight is 206 g/mol. The average Bonchev–Trinajstić information content (AvgIpc) is 2.43. The topological polar surface area (TPSA) is 17.1 Å². The molecule has 15 heavy (non-hydrogen) atoms. The van der Waals surface area contributed by atoms with E-state index in [1.165, 1.54) is 19.3 Å². The number of carbonyl (C=O) groups is 1. The fourth-order valence-corrected chi connectivity index (χ4v) is 3.44. The summed E-state index contributed by atoms with van der Waals surface area (Å²) in [6.45, 7) is 7.21. The third-order valence-electron chi connectivity index (χ3n) is 5.08. The zero-order valence-electron chi connectivity index (χ0n) is 10.2. The van der Waals surface area contributed by atoms with E-state index in [4.69, 9.17) is 0 Å². The van der Waals surface area contributed by atoms with Gasteiger partial charge in [-0.3, -0.25) is 4.79 Å². The number of rotatable bonds is 1. The van der Waals surface area contributed by atoms with Gasteiger partial charge < -0.3 is 0 Å². The lowest BCUT2D eigenvalue weighted by Crippen LogP contribution is -2.37. The van der Waals surface area contributed by atoms with Crippen LogP contribution in [0.1, 0.15) is 52.9 Å². The molecular weight excluding hydrogens is 184 g/mol. The van der Waals surface area contributed by atoms with E-state index in [2.05, 4.69) is 26.8 Å². The van der Waals surface area contributed by atoms with Gasteiger partial charge in [-0.15, -0.1) is 0 Å². The molecule has 0 unspecified atom stereocenters. The molecule has 1 saturated carbocycles. The Morgan fingerprint density at radius 3 is 2.47 bits per heavy atom. The number of carbonyl (C=O) groups excluding carboxylic acids is 1. The van der Waals surface area contributed by atoms with Crippen LogP contribution in [0, 0.1) is 16.7 Å². The van der Waals surface area contributed by atoms with Crippen molar-refractivity contribution >= 4 is 5.78 Å². The van der Waals surface area contributed by atoms with Gasteiger partial charge in [0, 0.05) is 6.42 Å². The summed E-state index contributed by atoms with van der Waals surface area (Å²) in [6, 6.07) is 0. The highest BCUT2D eigenvalue weighted by atomic mass is 16.1. The maximum Gasteiger partial charge on any atom is 0.155 e. The molecule has 0 N–H and O–H groups in total. The van der Waals surface area contributed by atoms with E-state index in [1.807, 2.05) is 6.08 Å². The first-order valence-corrected chi connectivity index (χ1v) is 6.17. The van der Waals surface area contributed by atoms with Crippen LogP contribution in [0.3, 0.4) is 0 Å². The van der Waals surface area contributed by atoms with Gasteiger partial charge in [0.05, 0.1) is 0 Å². The van der Waals surface area contributed by atoms with Crippen LogP contribution in [0.4, 0.5) is 0 Å². The fraction of sp³-hybridized carbons (Fsp3) is 0.786. The van der Waals surface area contributed by atoms with E-state index >= 15 is 0 Å². The van der Waals surface area contributed by atoms with Crippen LogP contribution in [-0.2, 0) is 4.79 Å². The summed E-state index contributed by atoms with van der Waals surface area (Å²) in [5.41, 5.74) is 0.840. The van der Waals surface area contributed by atoms with Crippen molar-refractivity contribution in [1.29, 1.82) is 0 Å². The summed E-state index contributed by atoms with van der Waals surface area (Å²) in [4.78, 5) is 11.2. The van der Waals surface area contributed by atoms with Gasteiger partial charge >= 0.3 is 0 Å². The van der Waals surface area contributed by atoms with Crippen LogP contribution < -0.4 is 0 Å². The Kier molecular flexibility index (Phi) is 2.52. The molecule has 2 atom stereocenters. The van der Waals surface area contributed by atoms with E-state index in [9.17, 15) is 4.79 Å². The molecule has 0 spiro atoms.